The molecule has 0 aromatic heterocycles. The quantitative estimate of drug-likeness (QED) is 0.530. The number of nitrogens with zero attached hydrogens (tertiary/aromatic N) is 1. The number of carbonyl (C=O) groups is 3. The van der Waals surface area contributed by atoms with E-state index in [2.05, 4.69) is 0 Å². The molecule has 1 aromatic carbocycles. The molecule has 2 heterocycles. The zero-order valence-electron chi connectivity index (χ0n) is 16.3. The lowest BCUT2D eigenvalue weighted by molar-refractivity contribution is -0.734. The Morgan fingerprint density at radius 1 is 1.25 bits per heavy atom. The van der Waals surface area contributed by atoms with E-state index in [9.17, 15) is 14.4 Å². The highest BCUT2D eigenvalue weighted by molar-refractivity contribution is 7.98. The van der Waals surface area contributed by atoms with Crippen molar-refractivity contribution in [1.82, 2.24) is 4.90 Å². The summed E-state index contributed by atoms with van der Waals surface area (Å²) in [6, 6.07) is 6.93. The van der Waals surface area contributed by atoms with Crippen molar-refractivity contribution < 1.29 is 24.4 Å². The third-order valence-corrected chi connectivity index (χ3v) is 6.67. The fourth-order valence-electron chi connectivity index (χ4n) is 4.55. The topological polar surface area (TPSA) is 80.3 Å². The van der Waals surface area contributed by atoms with Crippen LogP contribution < -0.4 is 5.32 Å². The second kappa shape index (κ2) is 8.43. The molecule has 1 aromatic rings. The predicted octanol–water partition coefficient (Wildman–Crippen LogP) is 1.63. The van der Waals surface area contributed by atoms with Gasteiger partial charge in [0.25, 0.3) is 0 Å². The fourth-order valence-corrected chi connectivity index (χ4v) is 5.22. The molecule has 4 atom stereocenters. The summed E-state index contributed by atoms with van der Waals surface area (Å²) in [6.45, 7) is 4.07. The lowest BCUT2D eigenvalue weighted by atomic mass is 9.78. The van der Waals surface area contributed by atoms with E-state index in [1.807, 2.05) is 23.7 Å². The van der Waals surface area contributed by atoms with Crippen LogP contribution in [0, 0.1) is 11.8 Å². The lowest BCUT2D eigenvalue weighted by Crippen LogP contribution is -2.98. The van der Waals surface area contributed by atoms with Crippen LogP contribution >= 0.6 is 23.4 Å². The Kier molecular flexibility index (Phi) is 6.37. The number of carbonyl (C=O) groups excluding carboxylic acids is 3. The molecule has 2 N–H and O–H groups in total. The van der Waals surface area contributed by atoms with E-state index in [-0.39, 0.29) is 24.5 Å². The van der Waals surface area contributed by atoms with Crippen LogP contribution in [0.3, 0.4) is 0 Å². The van der Waals surface area contributed by atoms with Crippen LogP contribution in [0.1, 0.15) is 31.9 Å². The number of likely N-dealkylation sites (tertiary alicyclic amines) is 1. The molecule has 2 aliphatic heterocycles. The number of nitrogens with two attached hydrogens (primary N) is 1. The monoisotopic (exact) mass is 425 g/mol. The Labute approximate surface area is 174 Å². The maximum atomic E-state index is 13.2. The summed E-state index contributed by atoms with van der Waals surface area (Å²) in [4.78, 5) is 40.7. The van der Waals surface area contributed by atoms with Gasteiger partial charge in [0.15, 0.2) is 0 Å². The molecule has 8 heteroatoms. The van der Waals surface area contributed by atoms with Crippen molar-refractivity contribution in [3.63, 3.8) is 0 Å². The van der Waals surface area contributed by atoms with E-state index in [4.69, 9.17) is 16.3 Å². The molecule has 28 heavy (non-hydrogen) atoms. The second-order valence-electron chi connectivity index (χ2n) is 7.17. The minimum atomic E-state index is -1.09. The smallest absolute Gasteiger partial charge is 0.368 e. The summed E-state index contributed by atoms with van der Waals surface area (Å²) in [6.07, 6.45) is 2.43. The molecule has 0 aliphatic carbocycles. The molecule has 3 rings (SSSR count). The minimum absolute atomic E-state index is 0.205. The van der Waals surface area contributed by atoms with Crippen molar-refractivity contribution in [3.8, 4) is 0 Å². The molecule has 2 aliphatic rings. The second-order valence-corrected chi connectivity index (χ2v) is 8.59. The fraction of sp³-hybridized carbons (Fsp3) is 0.550. The molecule has 0 spiro atoms. The molecule has 2 saturated heterocycles. The van der Waals surface area contributed by atoms with Gasteiger partial charge in [-0.05, 0) is 38.0 Å². The summed E-state index contributed by atoms with van der Waals surface area (Å²) in [5, 5.41) is 2.50. The van der Waals surface area contributed by atoms with Gasteiger partial charge >= 0.3 is 5.97 Å². The maximum absolute atomic E-state index is 13.2. The largest absolute Gasteiger partial charge is 0.461 e. The number of ether oxygens (including phenoxy) is 1. The van der Waals surface area contributed by atoms with E-state index in [0.717, 1.165) is 5.56 Å². The first-order valence-electron chi connectivity index (χ1n) is 9.54. The summed E-state index contributed by atoms with van der Waals surface area (Å²) >= 11 is 7.64. The van der Waals surface area contributed by atoms with E-state index in [1.165, 1.54) is 4.90 Å². The summed E-state index contributed by atoms with van der Waals surface area (Å²) in [5.74, 6) is -1.48. The number of hydrogen-bond acceptors (Lipinski definition) is 5. The molecule has 6 nitrogen and oxygen atoms in total. The number of fused-ring (bicyclic) bond motifs is 1. The Morgan fingerprint density at radius 3 is 2.50 bits per heavy atom. The van der Waals surface area contributed by atoms with Crippen molar-refractivity contribution in [2.24, 2.45) is 11.8 Å². The van der Waals surface area contributed by atoms with Gasteiger partial charge < -0.3 is 10.1 Å². The highest BCUT2D eigenvalue weighted by Crippen LogP contribution is 2.46. The number of benzene rings is 1. The number of halogens is 1. The number of thioether (sulfide) groups is 1. The Bertz CT molecular complexity index is 772. The van der Waals surface area contributed by atoms with E-state index in [0.29, 0.717) is 23.7 Å². The van der Waals surface area contributed by atoms with E-state index < -0.39 is 23.3 Å². The summed E-state index contributed by atoms with van der Waals surface area (Å²) in [7, 11) is 0. The van der Waals surface area contributed by atoms with Crippen molar-refractivity contribution in [2.75, 3.05) is 25.2 Å². The Balaban J connectivity index is 2.11. The van der Waals surface area contributed by atoms with Crippen molar-refractivity contribution in [1.29, 1.82) is 0 Å². The summed E-state index contributed by atoms with van der Waals surface area (Å²) in [5.41, 5.74) is -0.209. The van der Waals surface area contributed by atoms with Gasteiger partial charge in [-0.1, -0.05) is 23.7 Å². The van der Waals surface area contributed by atoms with Crippen molar-refractivity contribution in [2.45, 2.75) is 31.8 Å². The van der Waals surface area contributed by atoms with Crippen LogP contribution in [-0.2, 0) is 19.1 Å². The molecular formula is C20H26ClN2O4S+. The molecule has 2 fully saturated rings. The number of quaternary nitrogens is 1. The molecule has 0 bridgehead atoms. The minimum Gasteiger partial charge on any atom is -0.461 e. The first kappa shape index (κ1) is 21.1. The zero-order chi connectivity index (χ0) is 20.5. The standard InChI is InChI=1S/C20H25ClN2O4S/c1-4-23-17(24)14-15(18(23)25)20(10-11-28-3,19(26)27-5-2)22-16(14)12-6-8-13(21)9-7-12/h6-9,14-16,22H,4-5,10-11H2,1-3H3/p+1/t14-,15+,16+,20+/m0/s1. The molecule has 2 amide bonds. The van der Waals surface area contributed by atoms with Gasteiger partial charge in [-0.15, -0.1) is 0 Å². The lowest BCUT2D eigenvalue weighted by Gasteiger charge is -2.29. The number of esters is 1. The first-order chi connectivity index (χ1) is 13.4. The van der Waals surface area contributed by atoms with Crippen LogP contribution in [0.15, 0.2) is 24.3 Å². The molecule has 0 radical (unpaired) electrons. The van der Waals surface area contributed by atoms with Crippen LogP contribution in [0.25, 0.3) is 0 Å². The van der Waals surface area contributed by atoms with Gasteiger partial charge in [0.2, 0.25) is 17.4 Å². The van der Waals surface area contributed by atoms with Gasteiger partial charge in [-0.25, -0.2) is 4.79 Å². The summed E-state index contributed by atoms with van der Waals surface area (Å²) < 4.78 is 5.41. The molecule has 0 unspecified atom stereocenters. The number of rotatable bonds is 7. The van der Waals surface area contributed by atoms with Crippen LogP contribution in [-0.4, -0.2) is 53.4 Å². The average molecular weight is 426 g/mol. The van der Waals surface area contributed by atoms with Crippen LogP contribution in [0.5, 0.6) is 0 Å². The molecule has 0 saturated carbocycles. The third-order valence-electron chi connectivity index (χ3n) is 5.81. The van der Waals surface area contributed by atoms with Gasteiger partial charge in [-0.2, -0.15) is 11.8 Å². The van der Waals surface area contributed by atoms with Gasteiger partial charge in [0.05, 0.1) is 6.61 Å². The first-order valence-corrected chi connectivity index (χ1v) is 11.3. The highest BCUT2D eigenvalue weighted by atomic mass is 35.5. The van der Waals surface area contributed by atoms with E-state index in [1.54, 1.807) is 37.7 Å². The van der Waals surface area contributed by atoms with Crippen molar-refractivity contribution >= 4 is 41.1 Å². The normalized spacial score (nSPS) is 29.3. The van der Waals surface area contributed by atoms with E-state index >= 15 is 0 Å². The molecule has 152 valence electrons. The number of imide groups is 1. The average Bonchev–Trinajstić information content (AvgIpc) is 3.15. The Hall–Kier alpha value is -1.57. The SMILES string of the molecule is CCOC(=O)[C@]1(CCSC)[NH2+][C@H](c2ccc(Cl)cc2)[C@H]2C(=O)N(CC)C(=O)[C@@H]21. The maximum Gasteiger partial charge on any atom is 0.368 e. The van der Waals surface area contributed by atoms with Gasteiger partial charge in [-0.3, -0.25) is 14.5 Å². The van der Waals surface area contributed by atoms with Gasteiger partial charge in [0.1, 0.15) is 17.9 Å². The highest BCUT2D eigenvalue weighted by Gasteiger charge is 2.72. The van der Waals surface area contributed by atoms with Gasteiger partial charge in [0, 0.05) is 23.6 Å². The zero-order valence-corrected chi connectivity index (χ0v) is 17.9. The Morgan fingerprint density at radius 2 is 1.93 bits per heavy atom. The van der Waals surface area contributed by atoms with Crippen molar-refractivity contribution in [3.05, 3.63) is 34.9 Å². The number of hydrogen-bond donors (Lipinski definition) is 1. The third kappa shape index (κ3) is 3.33. The van der Waals surface area contributed by atoms with Crippen LogP contribution in [0.2, 0.25) is 5.02 Å². The predicted molar refractivity (Wildman–Crippen MR) is 108 cm³/mol. The molecular weight excluding hydrogens is 400 g/mol. The number of amides is 2. The van der Waals surface area contributed by atoms with Crippen LogP contribution in [0.4, 0.5) is 0 Å².